The van der Waals surface area contributed by atoms with Crippen molar-refractivity contribution in [2.45, 2.75) is 24.8 Å². The van der Waals surface area contributed by atoms with Crippen LogP contribution in [-0.4, -0.2) is 44.2 Å². The average molecular weight is 307 g/mol. The van der Waals surface area contributed by atoms with Gasteiger partial charge in [0.05, 0.1) is 6.61 Å². The van der Waals surface area contributed by atoms with E-state index in [-0.39, 0.29) is 10.9 Å². The van der Waals surface area contributed by atoms with Crippen LogP contribution in [0.5, 0.6) is 0 Å². The van der Waals surface area contributed by atoms with E-state index in [9.17, 15) is 24.2 Å². The van der Waals surface area contributed by atoms with Crippen molar-refractivity contribution in [3.8, 4) is 0 Å². The fourth-order valence-corrected chi connectivity index (χ4v) is 2.21. The molecule has 2 rings (SSSR count). The number of halogens is 2. The molecule has 0 radical (unpaired) electrons. The predicted octanol–water partition coefficient (Wildman–Crippen LogP) is -0.618. The summed E-state index contributed by atoms with van der Waals surface area (Å²) in [5.41, 5.74) is -3.48. The van der Waals surface area contributed by atoms with E-state index < -0.39 is 35.7 Å². The summed E-state index contributed by atoms with van der Waals surface area (Å²) in [5, 5.41) is 18.9. The third-order valence-electron chi connectivity index (χ3n) is 3.16. The topological polar surface area (TPSA) is 105 Å². The van der Waals surface area contributed by atoms with Crippen LogP contribution in [0.3, 0.4) is 0 Å². The molecule has 0 spiro atoms. The van der Waals surface area contributed by atoms with E-state index in [4.69, 9.17) is 16.3 Å². The van der Waals surface area contributed by atoms with E-state index >= 15 is 0 Å². The third kappa shape index (κ3) is 2.05. The normalized spacial score (nSPS) is 27.6. The fourth-order valence-electron chi connectivity index (χ4n) is 1.90. The van der Waals surface area contributed by atoms with Crippen LogP contribution in [0.2, 0.25) is 0 Å². The van der Waals surface area contributed by atoms with Crippen LogP contribution >= 0.6 is 11.6 Å². The molecule has 1 aliphatic rings. The van der Waals surface area contributed by atoms with Crippen LogP contribution < -0.4 is 11.2 Å². The van der Waals surface area contributed by atoms with Gasteiger partial charge in [-0.05, 0) is 6.92 Å². The Hall–Kier alpha value is -1.64. The second-order valence-corrected chi connectivity index (χ2v) is 4.77. The van der Waals surface area contributed by atoms with E-state index in [0.29, 0.717) is 0 Å². The Labute approximate surface area is 116 Å². The number of nitrogens with zero attached hydrogens (tertiary/aromatic N) is 1. The van der Waals surface area contributed by atoms with Gasteiger partial charge in [-0.3, -0.25) is 9.78 Å². The summed E-state index contributed by atoms with van der Waals surface area (Å²) < 4.78 is 19.7. The number of ether oxygens (including phenoxy) is 1. The number of alkyl halides is 1. The zero-order valence-electron chi connectivity index (χ0n) is 10.3. The highest BCUT2D eigenvalue weighted by atomic mass is 35.5. The first-order chi connectivity index (χ1) is 9.33. The van der Waals surface area contributed by atoms with Crippen LogP contribution in [0.4, 0.5) is 4.39 Å². The smallest absolute Gasteiger partial charge is 0.335 e. The molecule has 0 aliphatic carbocycles. The molecular formula is C11H12ClFN2O5. The summed E-state index contributed by atoms with van der Waals surface area (Å²) in [6.07, 6.45) is -2.32. The Bertz CT molecular complexity index is 667. The maximum Gasteiger partial charge on any atom is 0.335 e. The van der Waals surface area contributed by atoms with Gasteiger partial charge in [0.25, 0.3) is 5.56 Å². The molecule has 0 bridgehead atoms. The van der Waals surface area contributed by atoms with Gasteiger partial charge < -0.3 is 14.9 Å². The lowest BCUT2D eigenvalue weighted by molar-refractivity contribution is -0.111. The monoisotopic (exact) mass is 306 g/mol. The highest BCUT2D eigenvalue weighted by molar-refractivity contribution is 6.32. The lowest BCUT2D eigenvalue weighted by Crippen LogP contribution is -2.51. The Kier molecular flexibility index (Phi) is 3.72. The van der Waals surface area contributed by atoms with E-state index in [0.717, 1.165) is 23.8 Å². The van der Waals surface area contributed by atoms with E-state index in [2.05, 4.69) is 0 Å². The number of aliphatic hydroxyl groups excluding tert-OH is 2. The molecule has 9 heteroatoms. The molecule has 0 aromatic carbocycles. The molecule has 7 nitrogen and oxygen atoms in total. The van der Waals surface area contributed by atoms with Crippen LogP contribution in [0, 0.1) is 0 Å². The number of H-pyrrole nitrogens is 1. The Morgan fingerprint density at radius 1 is 1.65 bits per heavy atom. The second-order valence-electron chi connectivity index (χ2n) is 4.37. The third-order valence-corrected chi connectivity index (χ3v) is 3.53. The van der Waals surface area contributed by atoms with Gasteiger partial charge in [-0.1, -0.05) is 11.6 Å². The van der Waals surface area contributed by atoms with Crippen molar-refractivity contribution in [2.75, 3.05) is 6.61 Å². The molecule has 1 aromatic heterocycles. The summed E-state index contributed by atoms with van der Waals surface area (Å²) in [6.45, 7) is 0.242. The molecular weight excluding hydrogens is 295 g/mol. The van der Waals surface area contributed by atoms with Crippen LogP contribution in [0.25, 0.3) is 5.88 Å². The van der Waals surface area contributed by atoms with Gasteiger partial charge in [0.1, 0.15) is 17.3 Å². The van der Waals surface area contributed by atoms with Crippen molar-refractivity contribution >= 4 is 17.5 Å². The molecule has 2 heterocycles. The molecule has 1 unspecified atom stereocenters. The molecule has 1 aromatic rings. The van der Waals surface area contributed by atoms with E-state index in [1.54, 1.807) is 0 Å². The van der Waals surface area contributed by atoms with Crippen molar-refractivity contribution in [1.29, 1.82) is 0 Å². The van der Waals surface area contributed by atoms with Gasteiger partial charge in [0.15, 0.2) is 5.60 Å². The quantitative estimate of drug-likeness (QED) is 0.690. The maximum absolute atomic E-state index is 13.7. The SMILES string of the molecule is CC(F)[C@]1(CO)OC(n2ccc(=O)[nH]c2=O)=C(Cl)[C@@H]1O. The van der Waals surface area contributed by atoms with E-state index in [1.807, 2.05) is 4.98 Å². The number of hydrogen-bond donors (Lipinski definition) is 3. The lowest BCUT2D eigenvalue weighted by Gasteiger charge is -2.31. The zero-order valence-corrected chi connectivity index (χ0v) is 11.1. The van der Waals surface area contributed by atoms with Gasteiger partial charge in [-0.15, -0.1) is 0 Å². The molecule has 0 amide bonds. The predicted molar refractivity (Wildman–Crippen MR) is 67.9 cm³/mol. The number of nitrogens with one attached hydrogen (secondary N) is 1. The summed E-state index contributed by atoms with van der Waals surface area (Å²) in [4.78, 5) is 24.6. The van der Waals surface area contributed by atoms with Gasteiger partial charge >= 0.3 is 5.69 Å². The number of hydrogen-bond acceptors (Lipinski definition) is 5. The molecule has 3 atom stereocenters. The van der Waals surface area contributed by atoms with Gasteiger partial charge in [0.2, 0.25) is 5.88 Å². The minimum Gasteiger partial charge on any atom is -0.462 e. The molecule has 110 valence electrons. The first kappa shape index (κ1) is 14.8. The molecule has 0 saturated heterocycles. The van der Waals surface area contributed by atoms with Crippen molar-refractivity contribution in [3.05, 3.63) is 38.1 Å². The largest absolute Gasteiger partial charge is 0.462 e. The Morgan fingerprint density at radius 3 is 2.75 bits per heavy atom. The average Bonchev–Trinajstić information content (AvgIpc) is 2.64. The van der Waals surface area contributed by atoms with Crippen molar-refractivity contribution in [3.63, 3.8) is 0 Å². The molecule has 3 N–H and O–H groups in total. The summed E-state index contributed by atoms with van der Waals surface area (Å²) in [7, 11) is 0. The van der Waals surface area contributed by atoms with Gasteiger partial charge in [-0.2, -0.15) is 0 Å². The van der Waals surface area contributed by atoms with Gasteiger partial charge in [-0.25, -0.2) is 13.8 Å². The Morgan fingerprint density at radius 2 is 2.30 bits per heavy atom. The molecule has 20 heavy (non-hydrogen) atoms. The van der Waals surface area contributed by atoms with Crippen molar-refractivity contribution < 1.29 is 19.3 Å². The zero-order chi connectivity index (χ0) is 15.1. The van der Waals surface area contributed by atoms with Crippen LogP contribution in [0.15, 0.2) is 26.9 Å². The standard InChI is InChI=1S/C11H12ClFN2O5/c1-5(13)11(4-16)8(18)7(12)9(20-11)15-3-2-6(17)14-10(15)19/h2-3,5,8,16,18H,4H2,1H3,(H,14,17,19)/t5?,8-,11-/m0/s1. The first-order valence-electron chi connectivity index (χ1n) is 5.67. The highest BCUT2D eigenvalue weighted by Crippen LogP contribution is 2.41. The number of rotatable bonds is 3. The van der Waals surface area contributed by atoms with Crippen LogP contribution in [-0.2, 0) is 4.74 Å². The Balaban J connectivity index is 2.54. The lowest BCUT2D eigenvalue weighted by atomic mass is 9.94. The van der Waals surface area contributed by atoms with Crippen molar-refractivity contribution in [1.82, 2.24) is 9.55 Å². The molecule has 0 fully saturated rings. The van der Waals surface area contributed by atoms with Gasteiger partial charge in [0, 0.05) is 12.3 Å². The first-order valence-corrected chi connectivity index (χ1v) is 6.05. The summed E-state index contributed by atoms with van der Waals surface area (Å²) in [6, 6.07) is 1.03. The molecule has 1 aliphatic heterocycles. The summed E-state index contributed by atoms with van der Waals surface area (Å²) >= 11 is 5.86. The van der Waals surface area contributed by atoms with E-state index in [1.165, 1.54) is 0 Å². The number of aliphatic hydroxyl groups is 2. The molecule has 0 saturated carbocycles. The van der Waals surface area contributed by atoms with Crippen molar-refractivity contribution in [2.24, 2.45) is 0 Å². The minimum atomic E-state index is -1.98. The number of aromatic amines is 1. The maximum atomic E-state index is 13.7. The second kappa shape index (κ2) is 5.04. The summed E-state index contributed by atoms with van der Waals surface area (Å²) in [5.74, 6) is -0.334. The fraction of sp³-hybridized carbons (Fsp3) is 0.455. The van der Waals surface area contributed by atoms with Crippen LogP contribution in [0.1, 0.15) is 6.92 Å². The minimum absolute atomic E-state index is 0.334. The highest BCUT2D eigenvalue weighted by Gasteiger charge is 2.54. The number of aromatic nitrogens is 2.